The molecule has 1 fully saturated rings. The van der Waals surface area contributed by atoms with E-state index in [1.807, 2.05) is 49.4 Å². The fourth-order valence-electron chi connectivity index (χ4n) is 3.18. The molecule has 0 atom stereocenters. The van der Waals surface area contributed by atoms with Crippen LogP contribution in [0.25, 0.3) is 5.69 Å². The van der Waals surface area contributed by atoms with Crippen molar-refractivity contribution in [2.24, 2.45) is 0 Å². The van der Waals surface area contributed by atoms with Crippen molar-refractivity contribution in [1.82, 2.24) is 9.78 Å². The molecular formula is C24H25N3O5. The summed E-state index contributed by atoms with van der Waals surface area (Å²) < 4.78 is 17.7. The van der Waals surface area contributed by atoms with Gasteiger partial charge in [0.05, 0.1) is 18.0 Å². The molecule has 1 saturated carbocycles. The van der Waals surface area contributed by atoms with Crippen LogP contribution >= 0.6 is 0 Å². The maximum atomic E-state index is 12.4. The first-order valence-electron chi connectivity index (χ1n) is 10.6. The van der Waals surface area contributed by atoms with E-state index in [0.717, 1.165) is 24.2 Å². The molecule has 3 aromatic rings. The zero-order valence-electron chi connectivity index (χ0n) is 17.8. The summed E-state index contributed by atoms with van der Waals surface area (Å²) in [7, 11) is 0. The van der Waals surface area contributed by atoms with Crippen molar-refractivity contribution in [2.75, 3.05) is 25.1 Å². The number of benzene rings is 2. The average molecular weight is 435 g/mol. The van der Waals surface area contributed by atoms with E-state index in [0.29, 0.717) is 29.8 Å². The summed E-state index contributed by atoms with van der Waals surface area (Å²) in [6.07, 6.45) is 2.20. The molecule has 166 valence electrons. The Morgan fingerprint density at radius 2 is 1.69 bits per heavy atom. The van der Waals surface area contributed by atoms with Crippen LogP contribution in [0.5, 0.6) is 11.5 Å². The minimum Gasteiger partial charge on any atom is -0.490 e. The Morgan fingerprint density at radius 1 is 1.00 bits per heavy atom. The van der Waals surface area contributed by atoms with E-state index in [1.165, 1.54) is 0 Å². The number of esters is 1. The van der Waals surface area contributed by atoms with Crippen molar-refractivity contribution in [1.29, 1.82) is 0 Å². The van der Waals surface area contributed by atoms with E-state index in [4.69, 9.17) is 14.2 Å². The van der Waals surface area contributed by atoms with Gasteiger partial charge in [0, 0.05) is 12.0 Å². The van der Waals surface area contributed by atoms with Crippen LogP contribution in [0, 0.1) is 0 Å². The molecule has 1 amide bonds. The summed E-state index contributed by atoms with van der Waals surface area (Å²) in [6.45, 7) is 1.59. The average Bonchev–Trinajstić information content (AvgIpc) is 3.58. The monoisotopic (exact) mass is 435 g/mol. The molecule has 0 bridgehead atoms. The van der Waals surface area contributed by atoms with Crippen molar-refractivity contribution in [3.8, 4) is 17.2 Å². The Balaban J connectivity index is 1.32. The summed E-state index contributed by atoms with van der Waals surface area (Å²) in [5, 5.41) is 7.43. The summed E-state index contributed by atoms with van der Waals surface area (Å²) >= 11 is 0. The number of hydrogen-bond acceptors (Lipinski definition) is 6. The van der Waals surface area contributed by atoms with E-state index in [1.54, 1.807) is 22.9 Å². The summed E-state index contributed by atoms with van der Waals surface area (Å²) in [4.78, 5) is 24.5. The van der Waals surface area contributed by atoms with Crippen molar-refractivity contribution in [3.63, 3.8) is 0 Å². The van der Waals surface area contributed by atoms with Crippen molar-refractivity contribution in [3.05, 3.63) is 66.4 Å². The highest BCUT2D eigenvalue weighted by Gasteiger charge is 2.28. The standard InChI is InChI=1S/C24H25N3O5/c1-2-30-20-10-6-7-11-21(20)31-16-24(29)32-15-23(28)25-22-14-19(17-12-13-17)26-27(22)18-8-4-3-5-9-18/h3-11,14,17H,2,12-13,15-16H2,1H3,(H,25,28). The van der Waals surface area contributed by atoms with Gasteiger partial charge in [-0.1, -0.05) is 30.3 Å². The third-order valence-corrected chi connectivity index (χ3v) is 4.85. The predicted molar refractivity (Wildman–Crippen MR) is 118 cm³/mol. The van der Waals surface area contributed by atoms with E-state index in [2.05, 4.69) is 10.4 Å². The normalized spacial score (nSPS) is 12.8. The fourth-order valence-corrected chi connectivity index (χ4v) is 3.18. The SMILES string of the molecule is CCOc1ccccc1OCC(=O)OCC(=O)Nc1cc(C2CC2)nn1-c1ccccc1. The van der Waals surface area contributed by atoms with Crippen LogP contribution in [-0.2, 0) is 14.3 Å². The molecule has 0 unspecified atom stereocenters. The highest BCUT2D eigenvalue weighted by atomic mass is 16.6. The zero-order valence-corrected chi connectivity index (χ0v) is 17.8. The highest BCUT2D eigenvalue weighted by Crippen LogP contribution is 2.40. The molecule has 8 heteroatoms. The van der Waals surface area contributed by atoms with Crippen LogP contribution in [0.2, 0.25) is 0 Å². The zero-order chi connectivity index (χ0) is 22.3. The molecule has 1 aliphatic rings. The molecular weight excluding hydrogens is 410 g/mol. The molecule has 1 aromatic heterocycles. The first kappa shape index (κ1) is 21.4. The minimum atomic E-state index is -0.651. The molecule has 0 saturated heterocycles. The lowest BCUT2D eigenvalue weighted by Gasteiger charge is -2.11. The topological polar surface area (TPSA) is 91.7 Å². The van der Waals surface area contributed by atoms with Gasteiger partial charge >= 0.3 is 5.97 Å². The van der Waals surface area contributed by atoms with Gasteiger partial charge in [-0.3, -0.25) is 4.79 Å². The number of nitrogens with zero attached hydrogens (tertiary/aromatic N) is 2. The molecule has 1 heterocycles. The number of carbonyl (C=O) groups is 2. The number of carbonyl (C=O) groups excluding carboxylic acids is 2. The Labute approximate surface area is 186 Å². The smallest absolute Gasteiger partial charge is 0.344 e. The second-order valence-corrected chi connectivity index (χ2v) is 7.35. The van der Waals surface area contributed by atoms with E-state index < -0.39 is 18.5 Å². The fraction of sp³-hybridized carbons (Fsp3) is 0.292. The number of para-hydroxylation sites is 3. The van der Waals surface area contributed by atoms with Crippen molar-refractivity contribution >= 4 is 17.7 Å². The summed E-state index contributed by atoms with van der Waals surface area (Å²) in [6, 6.07) is 18.5. The highest BCUT2D eigenvalue weighted by molar-refractivity contribution is 5.92. The Bertz CT molecular complexity index is 1080. The quantitative estimate of drug-likeness (QED) is 0.488. The van der Waals surface area contributed by atoms with Gasteiger partial charge in [-0.25, -0.2) is 9.48 Å². The van der Waals surface area contributed by atoms with Crippen LogP contribution in [0.15, 0.2) is 60.7 Å². The lowest BCUT2D eigenvalue weighted by atomic mass is 10.3. The molecule has 8 nitrogen and oxygen atoms in total. The van der Waals surface area contributed by atoms with Gasteiger partial charge in [-0.2, -0.15) is 5.10 Å². The number of amides is 1. The maximum Gasteiger partial charge on any atom is 0.344 e. The second-order valence-electron chi connectivity index (χ2n) is 7.35. The van der Waals surface area contributed by atoms with Gasteiger partial charge in [0.1, 0.15) is 5.82 Å². The van der Waals surface area contributed by atoms with Gasteiger partial charge < -0.3 is 19.5 Å². The first-order chi connectivity index (χ1) is 15.6. The number of nitrogens with one attached hydrogen (secondary N) is 1. The number of rotatable bonds is 10. The van der Waals surface area contributed by atoms with E-state index in [9.17, 15) is 9.59 Å². The van der Waals surface area contributed by atoms with Crippen molar-refractivity contribution < 1.29 is 23.8 Å². The van der Waals surface area contributed by atoms with E-state index in [-0.39, 0.29) is 6.61 Å². The lowest BCUT2D eigenvalue weighted by Crippen LogP contribution is -2.24. The van der Waals surface area contributed by atoms with Crippen LogP contribution in [0.3, 0.4) is 0 Å². The Hall–Kier alpha value is -3.81. The summed E-state index contributed by atoms with van der Waals surface area (Å²) in [5.74, 6) is 0.858. The molecule has 0 radical (unpaired) electrons. The maximum absolute atomic E-state index is 12.4. The molecule has 1 N–H and O–H groups in total. The predicted octanol–water partition coefficient (Wildman–Crippen LogP) is 3.71. The van der Waals surface area contributed by atoms with Crippen LogP contribution < -0.4 is 14.8 Å². The largest absolute Gasteiger partial charge is 0.490 e. The molecule has 0 spiro atoms. The summed E-state index contributed by atoms with van der Waals surface area (Å²) in [5.41, 5.74) is 1.79. The van der Waals surface area contributed by atoms with Gasteiger partial charge in [0.25, 0.3) is 5.91 Å². The van der Waals surface area contributed by atoms with E-state index >= 15 is 0 Å². The second kappa shape index (κ2) is 10.00. The third-order valence-electron chi connectivity index (χ3n) is 4.85. The number of aromatic nitrogens is 2. The van der Waals surface area contributed by atoms with Crippen LogP contribution in [0.1, 0.15) is 31.4 Å². The lowest BCUT2D eigenvalue weighted by molar-refractivity contribution is -0.149. The van der Waals surface area contributed by atoms with Gasteiger partial charge in [-0.05, 0) is 44.0 Å². The number of anilines is 1. The Morgan fingerprint density at radius 3 is 2.38 bits per heavy atom. The molecule has 32 heavy (non-hydrogen) atoms. The minimum absolute atomic E-state index is 0.328. The van der Waals surface area contributed by atoms with Crippen molar-refractivity contribution in [2.45, 2.75) is 25.7 Å². The van der Waals surface area contributed by atoms with Crippen LogP contribution in [-0.4, -0.2) is 41.5 Å². The molecule has 2 aromatic carbocycles. The number of ether oxygens (including phenoxy) is 3. The van der Waals surface area contributed by atoms with Gasteiger partial charge in [0.2, 0.25) is 0 Å². The van der Waals surface area contributed by atoms with Crippen LogP contribution in [0.4, 0.5) is 5.82 Å². The Kier molecular flexibility index (Phi) is 6.69. The van der Waals surface area contributed by atoms with Gasteiger partial charge in [0.15, 0.2) is 24.7 Å². The molecule has 0 aliphatic heterocycles. The van der Waals surface area contributed by atoms with Gasteiger partial charge in [-0.15, -0.1) is 0 Å². The molecule has 4 rings (SSSR count). The molecule has 1 aliphatic carbocycles. The first-order valence-corrected chi connectivity index (χ1v) is 10.6. The number of hydrogen-bond donors (Lipinski definition) is 1. The third kappa shape index (κ3) is 5.46.